The molecule has 0 saturated carbocycles. The summed E-state index contributed by atoms with van der Waals surface area (Å²) in [6.07, 6.45) is 2.53. The molecule has 0 aliphatic carbocycles. The van der Waals surface area contributed by atoms with E-state index in [0.717, 1.165) is 31.6 Å². The first-order valence-electron chi connectivity index (χ1n) is 4.88. The van der Waals surface area contributed by atoms with Crippen molar-refractivity contribution in [3.05, 3.63) is 11.7 Å². The normalized spacial score (nSPS) is 11.1. The van der Waals surface area contributed by atoms with Crippen LogP contribution < -0.4 is 5.73 Å². The molecule has 2 N–H and O–H groups in total. The lowest BCUT2D eigenvalue weighted by molar-refractivity contribution is 0.342. The third-order valence-electron chi connectivity index (χ3n) is 1.89. The maximum atomic E-state index is 5.39. The van der Waals surface area contributed by atoms with Crippen LogP contribution in [-0.4, -0.2) is 42.2 Å². The third-order valence-corrected chi connectivity index (χ3v) is 1.89. The fourth-order valence-electron chi connectivity index (χ4n) is 1.07. The molecule has 0 aliphatic heterocycles. The summed E-state index contributed by atoms with van der Waals surface area (Å²) >= 11 is 0. The van der Waals surface area contributed by atoms with Gasteiger partial charge in [-0.3, -0.25) is 0 Å². The van der Waals surface area contributed by atoms with Gasteiger partial charge in [0.15, 0.2) is 5.82 Å². The molecule has 0 bridgehead atoms. The largest absolute Gasteiger partial charge is 0.339 e. The standard InChI is InChI=1S/C9H18N4O/c1-13(2)7-5-9-11-8(12-14-9)4-3-6-10/h3-7,10H2,1-2H3. The second-order valence-corrected chi connectivity index (χ2v) is 3.55. The molecule has 1 rings (SSSR count). The van der Waals surface area contributed by atoms with Crippen molar-refractivity contribution in [3.63, 3.8) is 0 Å². The molecule has 5 nitrogen and oxygen atoms in total. The zero-order valence-corrected chi connectivity index (χ0v) is 8.86. The Morgan fingerprint density at radius 1 is 1.36 bits per heavy atom. The maximum absolute atomic E-state index is 5.39. The van der Waals surface area contributed by atoms with Crippen LogP contribution in [0.2, 0.25) is 0 Å². The molecule has 0 saturated heterocycles. The number of hydrogen-bond acceptors (Lipinski definition) is 5. The number of hydrogen-bond donors (Lipinski definition) is 1. The molecule has 1 heterocycles. The van der Waals surface area contributed by atoms with Crippen LogP contribution in [-0.2, 0) is 12.8 Å². The lowest BCUT2D eigenvalue weighted by atomic mass is 10.3. The van der Waals surface area contributed by atoms with E-state index in [2.05, 4.69) is 15.0 Å². The molecule has 0 amide bonds. The smallest absolute Gasteiger partial charge is 0.227 e. The van der Waals surface area contributed by atoms with Crippen molar-refractivity contribution in [2.24, 2.45) is 5.73 Å². The first-order valence-corrected chi connectivity index (χ1v) is 4.88. The molecule has 14 heavy (non-hydrogen) atoms. The summed E-state index contributed by atoms with van der Waals surface area (Å²) in [6, 6.07) is 0. The Bertz CT molecular complexity index is 259. The lowest BCUT2D eigenvalue weighted by Crippen LogP contribution is -2.15. The highest BCUT2D eigenvalue weighted by atomic mass is 16.5. The van der Waals surface area contributed by atoms with Crippen molar-refractivity contribution in [1.29, 1.82) is 0 Å². The van der Waals surface area contributed by atoms with E-state index in [4.69, 9.17) is 10.3 Å². The molecule has 0 radical (unpaired) electrons. The summed E-state index contributed by atoms with van der Waals surface area (Å²) in [5, 5.41) is 3.87. The Balaban J connectivity index is 2.35. The van der Waals surface area contributed by atoms with Crippen LogP contribution in [0.15, 0.2) is 4.52 Å². The van der Waals surface area contributed by atoms with Crippen LogP contribution >= 0.6 is 0 Å². The van der Waals surface area contributed by atoms with E-state index in [1.807, 2.05) is 14.1 Å². The summed E-state index contributed by atoms with van der Waals surface area (Å²) in [6.45, 7) is 1.60. The van der Waals surface area contributed by atoms with Gasteiger partial charge in [-0.2, -0.15) is 4.98 Å². The van der Waals surface area contributed by atoms with E-state index in [-0.39, 0.29) is 0 Å². The van der Waals surface area contributed by atoms with Gasteiger partial charge in [0.25, 0.3) is 0 Å². The molecule has 5 heteroatoms. The van der Waals surface area contributed by atoms with E-state index < -0.39 is 0 Å². The van der Waals surface area contributed by atoms with E-state index >= 15 is 0 Å². The Hall–Kier alpha value is -0.940. The Morgan fingerprint density at radius 3 is 2.79 bits per heavy atom. The van der Waals surface area contributed by atoms with Crippen molar-refractivity contribution in [3.8, 4) is 0 Å². The zero-order chi connectivity index (χ0) is 10.4. The van der Waals surface area contributed by atoms with Gasteiger partial charge in [0.1, 0.15) is 0 Å². The molecule has 0 atom stereocenters. The molecule has 1 aromatic rings. The molecule has 0 fully saturated rings. The number of rotatable bonds is 6. The number of nitrogens with two attached hydrogens (primary N) is 1. The van der Waals surface area contributed by atoms with Gasteiger partial charge in [0.05, 0.1) is 0 Å². The fourth-order valence-corrected chi connectivity index (χ4v) is 1.07. The highest BCUT2D eigenvalue weighted by Crippen LogP contribution is 2.00. The van der Waals surface area contributed by atoms with E-state index in [0.29, 0.717) is 12.4 Å². The molecule has 1 aromatic heterocycles. The van der Waals surface area contributed by atoms with Crippen molar-refractivity contribution in [1.82, 2.24) is 15.0 Å². The van der Waals surface area contributed by atoms with Gasteiger partial charge in [-0.25, -0.2) is 0 Å². The summed E-state index contributed by atoms with van der Waals surface area (Å²) in [5.74, 6) is 1.48. The third kappa shape index (κ3) is 3.85. The van der Waals surface area contributed by atoms with Gasteiger partial charge in [-0.1, -0.05) is 5.16 Å². The highest BCUT2D eigenvalue weighted by Gasteiger charge is 2.05. The zero-order valence-electron chi connectivity index (χ0n) is 8.86. The van der Waals surface area contributed by atoms with Gasteiger partial charge in [-0.05, 0) is 27.1 Å². The van der Waals surface area contributed by atoms with Crippen LogP contribution in [0.4, 0.5) is 0 Å². The second kappa shape index (κ2) is 5.72. The summed E-state index contributed by atoms with van der Waals surface area (Å²) in [5.41, 5.74) is 5.39. The average molecular weight is 198 g/mol. The molecule has 80 valence electrons. The van der Waals surface area contributed by atoms with Crippen molar-refractivity contribution in [2.75, 3.05) is 27.2 Å². The Labute approximate surface area is 84.3 Å². The first-order chi connectivity index (χ1) is 6.72. The summed E-state index contributed by atoms with van der Waals surface area (Å²) in [4.78, 5) is 6.35. The van der Waals surface area contributed by atoms with E-state index in [1.165, 1.54) is 0 Å². The number of aryl methyl sites for hydroxylation is 1. The van der Waals surface area contributed by atoms with Crippen LogP contribution in [0.5, 0.6) is 0 Å². The predicted octanol–water partition coefficient (Wildman–Crippen LogP) is 0.0650. The SMILES string of the molecule is CN(C)CCc1nc(CCCN)no1. The molecule has 0 aliphatic rings. The minimum Gasteiger partial charge on any atom is -0.339 e. The average Bonchev–Trinajstić information content (AvgIpc) is 2.59. The van der Waals surface area contributed by atoms with Gasteiger partial charge in [0, 0.05) is 19.4 Å². The van der Waals surface area contributed by atoms with Gasteiger partial charge in [-0.15, -0.1) is 0 Å². The Kier molecular flexibility index (Phi) is 4.55. The topological polar surface area (TPSA) is 68.2 Å². The van der Waals surface area contributed by atoms with Gasteiger partial charge < -0.3 is 15.2 Å². The van der Waals surface area contributed by atoms with Gasteiger partial charge in [0.2, 0.25) is 5.89 Å². The molecule has 0 aromatic carbocycles. The van der Waals surface area contributed by atoms with E-state index in [9.17, 15) is 0 Å². The van der Waals surface area contributed by atoms with Crippen LogP contribution in [0, 0.1) is 0 Å². The summed E-state index contributed by atoms with van der Waals surface area (Å²) < 4.78 is 5.08. The number of likely N-dealkylation sites (N-methyl/N-ethyl adjacent to an activating group) is 1. The fraction of sp³-hybridized carbons (Fsp3) is 0.778. The van der Waals surface area contributed by atoms with Crippen molar-refractivity contribution >= 4 is 0 Å². The second-order valence-electron chi connectivity index (χ2n) is 3.55. The summed E-state index contributed by atoms with van der Waals surface area (Å²) in [7, 11) is 4.04. The van der Waals surface area contributed by atoms with E-state index in [1.54, 1.807) is 0 Å². The minimum absolute atomic E-state index is 0.668. The van der Waals surface area contributed by atoms with Crippen LogP contribution in [0.1, 0.15) is 18.1 Å². The molecule has 0 spiro atoms. The van der Waals surface area contributed by atoms with Crippen LogP contribution in [0.25, 0.3) is 0 Å². The quantitative estimate of drug-likeness (QED) is 0.700. The predicted molar refractivity (Wildman–Crippen MR) is 53.9 cm³/mol. The van der Waals surface area contributed by atoms with Crippen LogP contribution in [0.3, 0.4) is 0 Å². The Morgan fingerprint density at radius 2 is 2.14 bits per heavy atom. The van der Waals surface area contributed by atoms with Crippen molar-refractivity contribution < 1.29 is 4.52 Å². The molecular formula is C9H18N4O. The monoisotopic (exact) mass is 198 g/mol. The number of nitrogens with zero attached hydrogens (tertiary/aromatic N) is 3. The first kappa shape index (κ1) is 11.1. The van der Waals surface area contributed by atoms with Crippen molar-refractivity contribution in [2.45, 2.75) is 19.3 Å². The highest BCUT2D eigenvalue weighted by molar-refractivity contribution is 4.87. The molecular weight excluding hydrogens is 180 g/mol. The maximum Gasteiger partial charge on any atom is 0.227 e. The number of aromatic nitrogens is 2. The lowest BCUT2D eigenvalue weighted by Gasteiger charge is -2.05. The molecule has 0 unspecified atom stereocenters. The van der Waals surface area contributed by atoms with Gasteiger partial charge >= 0.3 is 0 Å². The minimum atomic E-state index is 0.668.